The average molecular weight is 232 g/mol. The predicted molar refractivity (Wildman–Crippen MR) is 55.5 cm³/mol. The largest absolute Gasteiger partial charge is 0.393 e. The third-order valence-corrected chi connectivity index (χ3v) is 3.83. The molecule has 5 heteroatoms. The Morgan fingerprint density at radius 1 is 1.31 bits per heavy atom. The van der Waals surface area contributed by atoms with Gasteiger partial charge in [-0.15, -0.1) is 0 Å². The van der Waals surface area contributed by atoms with Gasteiger partial charge in [-0.05, 0) is 6.92 Å². The summed E-state index contributed by atoms with van der Waals surface area (Å²) in [5, 5.41) is 20.2. The second-order valence-corrected chi connectivity index (χ2v) is 4.96. The first kappa shape index (κ1) is 12.3. The number of aliphatic hydroxyl groups is 2. The number of hydrogen-bond donors (Lipinski definition) is 2. The fourth-order valence-electron chi connectivity index (χ4n) is 3.08. The fourth-order valence-corrected chi connectivity index (χ4v) is 3.08. The van der Waals surface area contributed by atoms with Crippen molar-refractivity contribution in [2.45, 2.75) is 44.1 Å². The van der Waals surface area contributed by atoms with Crippen LogP contribution in [0.4, 0.5) is 0 Å². The van der Waals surface area contributed by atoms with Gasteiger partial charge in [-0.2, -0.15) is 0 Å². The monoisotopic (exact) mass is 232 g/mol. The molecule has 94 valence electrons. The summed E-state index contributed by atoms with van der Waals surface area (Å²) in [6.07, 6.45) is -0.440. The summed E-state index contributed by atoms with van der Waals surface area (Å²) in [5.74, 6) is -0.224. The van der Waals surface area contributed by atoms with E-state index in [1.807, 2.05) is 0 Å². The summed E-state index contributed by atoms with van der Waals surface area (Å²) < 4.78 is 16.0. The first-order valence-electron chi connectivity index (χ1n) is 5.61. The maximum absolute atomic E-state index is 10.3. The highest BCUT2D eigenvalue weighted by Crippen LogP contribution is 2.48. The molecule has 2 aliphatic rings. The lowest BCUT2D eigenvalue weighted by Gasteiger charge is -2.41. The maximum Gasteiger partial charge on any atom is 0.166 e. The fraction of sp³-hybridized carbons (Fsp3) is 1.00. The highest BCUT2D eigenvalue weighted by molar-refractivity contribution is 5.02. The van der Waals surface area contributed by atoms with Gasteiger partial charge in [0.1, 0.15) is 0 Å². The molecule has 1 saturated heterocycles. The van der Waals surface area contributed by atoms with Crippen LogP contribution in [0.1, 0.15) is 19.8 Å². The maximum atomic E-state index is 10.3. The average Bonchev–Trinajstić information content (AvgIpc) is 2.48. The van der Waals surface area contributed by atoms with Crippen molar-refractivity contribution in [3.63, 3.8) is 0 Å². The molecule has 1 aliphatic carbocycles. The second-order valence-electron chi connectivity index (χ2n) is 4.96. The zero-order valence-corrected chi connectivity index (χ0v) is 9.92. The van der Waals surface area contributed by atoms with E-state index in [4.69, 9.17) is 14.2 Å². The summed E-state index contributed by atoms with van der Waals surface area (Å²) >= 11 is 0. The Hall–Kier alpha value is -0.200. The van der Waals surface area contributed by atoms with Crippen LogP contribution in [0.3, 0.4) is 0 Å². The van der Waals surface area contributed by atoms with Crippen molar-refractivity contribution in [3.05, 3.63) is 0 Å². The van der Waals surface area contributed by atoms with Crippen LogP contribution in [0.25, 0.3) is 0 Å². The van der Waals surface area contributed by atoms with Crippen molar-refractivity contribution in [3.8, 4) is 0 Å². The van der Waals surface area contributed by atoms with Crippen molar-refractivity contribution < 1.29 is 24.4 Å². The second kappa shape index (κ2) is 4.23. The lowest BCUT2D eigenvalue weighted by Crippen LogP contribution is -2.49. The molecular weight excluding hydrogens is 212 g/mol. The van der Waals surface area contributed by atoms with Crippen molar-refractivity contribution in [2.24, 2.45) is 11.8 Å². The lowest BCUT2D eigenvalue weighted by molar-refractivity contribution is -0.301. The molecule has 0 spiro atoms. The lowest BCUT2D eigenvalue weighted by atomic mass is 9.82. The van der Waals surface area contributed by atoms with Gasteiger partial charge in [0, 0.05) is 38.9 Å². The van der Waals surface area contributed by atoms with E-state index in [0.717, 1.165) is 0 Å². The molecule has 1 saturated carbocycles. The van der Waals surface area contributed by atoms with E-state index in [-0.39, 0.29) is 18.1 Å². The highest BCUT2D eigenvalue weighted by atomic mass is 16.8. The number of rotatable bonds is 2. The van der Waals surface area contributed by atoms with Gasteiger partial charge in [-0.25, -0.2) is 0 Å². The molecule has 16 heavy (non-hydrogen) atoms. The van der Waals surface area contributed by atoms with Gasteiger partial charge in [0.25, 0.3) is 0 Å². The molecule has 0 radical (unpaired) electrons. The van der Waals surface area contributed by atoms with E-state index < -0.39 is 18.0 Å². The highest BCUT2D eigenvalue weighted by Gasteiger charge is 2.56. The van der Waals surface area contributed by atoms with Gasteiger partial charge in [0.15, 0.2) is 12.6 Å². The third kappa shape index (κ3) is 1.87. The zero-order valence-electron chi connectivity index (χ0n) is 9.92. The molecule has 0 bridgehead atoms. The van der Waals surface area contributed by atoms with Crippen LogP contribution in [0.15, 0.2) is 0 Å². The van der Waals surface area contributed by atoms with Crippen LogP contribution in [0.2, 0.25) is 0 Å². The summed E-state index contributed by atoms with van der Waals surface area (Å²) in [7, 11) is 3.11. The first-order chi connectivity index (χ1) is 7.49. The number of aliphatic hydroxyl groups excluding tert-OH is 1. The topological polar surface area (TPSA) is 68.2 Å². The third-order valence-electron chi connectivity index (χ3n) is 3.83. The van der Waals surface area contributed by atoms with E-state index in [1.165, 1.54) is 0 Å². The van der Waals surface area contributed by atoms with Gasteiger partial charge in [0.05, 0.1) is 11.7 Å². The molecule has 2 rings (SSSR count). The van der Waals surface area contributed by atoms with E-state index in [0.29, 0.717) is 12.8 Å². The summed E-state index contributed by atoms with van der Waals surface area (Å²) in [5.41, 5.74) is -0.941. The van der Waals surface area contributed by atoms with Crippen molar-refractivity contribution >= 4 is 0 Å². The number of hydrogen-bond acceptors (Lipinski definition) is 5. The van der Waals surface area contributed by atoms with Crippen LogP contribution in [-0.2, 0) is 14.2 Å². The number of ether oxygens (including phenoxy) is 3. The van der Waals surface area contributed by atoms with Gasteiger partial charge >= 0.3 is 0 Å². The molecule has 4 unspecified atom stereocenters. The molecule has 5 nitrogen and oxygen atoms in total. The molecular formula is C11H20O5. The smallest absolute Gasteiger partial charge is 0.166 e. The first-order valence-corrected chi connectivity index (χ1v) is 5.61. The quantitative estimate of drug-likeness (QED) is 0.706. The Kier molecular flexibility index (Phi) is 3.25. The summed E-state index contributed by atoms with van der Waals surface area (Å²) in [6.45, 7) is 1.73. The van der Waals surface area contributed by atoms with Gasteiger partial charge < -0.3 is 24.4 Å². The van der Waals surface area contributed by atoms with Crippen LogP contribution >= 0.6 is 0 Å². The van der Waals surface area contributed by atoms with E-state index in [2.05, 4.69) is 0 Å². The minimum atomic E-state index is -0.941. The minimum Gasteiger partial charge on any atom is -0.393 e. The molecule has 0 aromatic carbocycles. The summed E-state index contributed by atoms with van der Waals surface area (Å²) in [4.78, 5) is 0. The van der Waals surface area contributed by atoms with Crippen LogP contribution in [-0.4, -0.2) is 48.7 Å². The van der Waals surface area contributed by atoms with Crippen LogP contribution in [0.5, 0.6) is 0 Å². The van der Waals surface area contributed by atoms with E-state index in [1.54, 1.807) is 21.1 Å². The van der Waals surface area contributed by atoms with Crippen LogP contribution < -0.4 is 0 Å². The Bertz CT molecular complexity index is 255. The Labute approximate surface area is 95.3 Å². The number of fused-ring (bicyclic) bond motifs is 1. The Balaban J connectivity index is 2.21. The normalized spacial score (nSPS) is 52.7. The number of methoxy groups -OCH3 is 2. The molecule has 0 aromatic heterocycles. The van der Waals surface area contributed by atoms with E-state index in [9.17, 15) is 10.2 Å². The molecule has 6 atom stereocenters. The SMILES string of the molecule is COC1O[C@@H](OC)CC2C(O)C[C@](C)(O)C12. The van der Waals surface area contributed by atoms with Gasteiger partial charge in [0.2, 0.25) is 0 Å². The molecule has 1 aliphatic heterocycles. The molecule has 0 amide bonds. The summed E-state index contributed by atoms with van der Waals surface area (Å²) in [6, 6.07) is 0. The molecule has 2 fully saturated rings. The Morgan fingerprint density at radius 3 is 2.56 bits per heavy atom. The zero-order chi connectivity index (χ0) is 11.9. The van der Waals surface area contributed by atoms with Crippen molar-refractivity contribution in [1.29, 1.82) is 0 Å². The minimum absolute atomic E-state index is 0.0290. The predicted octanol–water partition coefficient (Wildman–Crippen LogP) is 0.0997. The Morgan fingerprint density at radius 2 is 2.00 bits per heavy atom. The molecule has 1 heterocycles. The van der Waals surface area contributed by atoms with Crippen molar-refractivity contribution in [2.75, 3.05) is 14.2 Å². The van der Waals surface area contributed by atoms with Crippen molar-refractivity contribution in [1.82, 2.24) is 0 Å². The van der Waals surface area contributed by atoms with Crippen LogP contribution in [0, 0.1) is 11.8 Å². The van der Waals surface area contributed by atoms with Gasteiger partial charge in [-0.3, -0.25) is 0 Å². The standard InChI is InChI=1S/C11H20O5/c1-11(13)5-7(12)6-4-8(14-2)16-10(15-3)9(6)11/h6-10,12-13H,4-5H2,1-3H3/t6?,7?,8-,9?,10?,11+/m1/s1. The molecule has 2 N–H and O–H groups in total. The van der Waals surface area contributed by atoms with Gasteiger partial charge in [-0.1, -0.05) is 0 Å². The molecule has 0 aromatic rings. The van der Waals surface area contributed by atoms with E-state index >= 15 is 0 Å².